The predicted octanol–water partition coefficient (Wildman–Crippen LogP) is 2.37. The number of nitrogens with one attached hydrogen (secondary N) is 1. The summed E-state index contributed by atoms with van der Waals surface area (Å²) in [6, 6.07) is 10.3. The van der Waals surface area contributed by atoms with Gasteiger partial charge in [0.2, 0.25) is 0 Å². The van der Waals surface area contributed by atoms with E-state index < -0.39 is 0 Å². The van der Waals surface area contributed by atoms with E-state index in [0.29, 0.717) is 0 Å². The largest absolute Gasteiger partial charge is 0.307 e. The molecule has 2 aromatic heterocycles. The van der Waals surface area contributed by atoms with Crippen molar-refractivity contribution in [2.75, 3.05) is 7.05 Å². The second-order valence-corrected chi connectivity index (χ2v) is 5.65. The molecule has 0 aliphatic carbocycles. The molecule has 3 rings (SSSR count). The molecule has 0 fully saturated rings. The Morgan fingerprint density at radius 1 is 1.16 bits per heavy atom. The minimum Gasteiger partial charge on any atom is -0.307 e. The van der Waals surface area contributed by atoms with Crippen LogP contribution in [-0.2, 0) is 0 Å². The summed E-state index contributed by atoms with van der Waals surface area (Å²) in [5.41, 5.74) is 1.18. The normalized spacial score (nSPS) is 12.5. The van der Waals surface area contributed by atoms with E-state index in [0.717, 1.165) is 14.9 Å². The molecule has 0 radical (unpaired) electrons. The first kappa shape index (κ1) is 12.3. The van der Waals surface area contributed by atoms with Crippen LogP contribution in [-0.4, -0.2) is 26.8 Å². The lowest BCUT2D eigenvalue weighted by atomic mass is 10.1. The first-order chi connectivity index (χ1) is 9.38. The Labute approximate surface area is 118 Å². The summed E-state index contributed by atoms with van der Waals surface area (Å²) >= 11 is 2.89. The Kier molecular flexibility index (Phi) is 3.58. The highest BCUT2D eigenvalue weighted by Crippen LogP contribution is 2.30. The molecule has 1 N–H and O–H groups in total. The van der Waals surface area contributed by atoms with Gasteiger partial charge in [-0.3, -0.25) is 0 Å². The zero-order valence-corrected chi connectivity index (χ0v) is 11.8. The van der Waals surface area contributed by atoms with Crippen molar-refractivity contribution >= 4 is 22.9 Å². The van der Waals surface area contributed by atoms with Crippen molar-refractivity contribution in [3.63, 3.8) is 0 Å². The quantitative estimate of drug-likeness (QED) is 0.799. The van der Waals surface area contributed by atoms with Gasteiger partial charge in [0.15, 0.2) is 5.01 Å². The fourth-order valence-electron chi connectivity index (χ4n) is 1.79. The van der Waals surface area contributed by atoms with Crippen LogP contribution in [0.1, 0.15) is 16.6 Å². The molecule has 0 saturated carbocycles. The zero-order chi connectivity index (χ0) is 13.1. The second-order valence-electron chi connectivity index (χ2n) is 3.86. The van der Waals surface area contributed by atoms with Gasteiger partial charge in [0.1, 0.15) is 9.88 Å². The molecule has 0 aliphatic heterocycles. The molecule has 0 bridgehead atoms. The Morgan fingerprint density at radius 3 is 2.68 bits per heavy atom. The van der Waals surface area contributed by atoms with E-state index in [9.17, 15) is 0 Å². The van der Waals surface area contributed by atoms with Crippen LogP contribution < -0.4 is 5.32 Å². The van der Waals surface area contributed by atoms with Crippen LogP contribution in [0.15, 0.2) is 36.5 Å². The zero-order valence-electron chi connectivity index (χ0n) is 10.1. The molecule has 7 heteroatoms. The molecule has 0 spiro atoms. The molecule has 96 valence electrons. The number of rotatable bonds is 4. The van der Waals surface area contributed by atoms with E-state index in [2.05, 4.69) is 37.2 Å². The molecule has 2 heterocycles. The summed E-state index contributed by atoms with van der Waals surface area (Å²) in [6.07, 6.45) is 1.71. The molecule has 3 aromatic rings. The highest BCUT2D eigenvalue weighted by molar-refractivity contribution is 7.19. The van der Waals surface area contributed by atoms with Crippen molar-refractivity contribution in [3.05, 3.63) is 47.1 Å². The van der Waals surface area contributed by atoms with Gasteiger partial charge in [0, 0.05) is 0 Å². The van der Waals surface area contributed by atoms with Crippen molar-refractivity contribution in [1.82, 2.24) is 25.1 Å². The highest BCUT2D eigenvalue weighted by Gasteiger charge is 2.18. The van der Waals surface area contributed by atoms with Gasteiger partial charge in [-0.05, 0) is 24.1 Å². The Bertz CT molecular complexity index is 635. The number of aromatic nitrogens is 4. The average Bonchev–Trinajstić information content (AvgIpc) is 3.11. The average molecular weight is 289 g/mol. The van der Waals surface area contributed by atoms with Gasteiger partial charge >= 0.3 is 0 Å². The maximum atomic E-state index is 4.28. The summed E-state index contributed by atoms with van der Waals surface area (Å²) in [5, 5.41) is 17.4. The summed E-state index contributed by atoms with van der Waals surface area (Å²) in [4.78, 5) is 0.951. The van der Waals surface area contributed by atoms with Crippen molar-refractivity contribution in [1.29, 1.82) is 0 Å². The van der Waals surface area contributed by atoms with Gasteiger partial charge < -0.3 is 5.32 Å². The molecular weight excluding hydrogens is 278 g/mol. The lowest BCUT2D eigenvalue weighted by Crippen LogP contribution is -2.17. The van der Waals surface area contributed by atoms with E-state index in [1.165, 1.54) is 17.1 Å². The van der Waals surface area contributed by atoms with Gasteiger partial charge in [0.25, 0.3) is 0 Å². The van der Waals surface area contributed by atoms with Gasteiger partial charge in [-0.1, -0.05) is 46.2 Å². The molecule has 5 nitrogen and oxygen atoms in total. The third-order valence-corrected chi connectivity index (χ3v) is 4.50. The molecule has 0 saturated heterocycles. The highest BCUT2D eigenvalue weighted by atomic mass is 32.1. The first-order valence-corrected chi connectivity index (χ1v) is 7.31. The maximum Gasteiger partial charge on any atom is 0.161 e. The van der Waals surface area contributed by atoms with Gasteiger partial charge in [-0.25, -0.2) is 0 Å². The maximum absolute atomic E-state index is 4.28. The lowest BCUT2D eigenvalue weighted by molar-refractivity contribution is 0.678. The standard InChI is InChI=1S/C12H11N5S2/c1-13-10(8-5-3-2-4-6-8)12-16-15-11(18-12)9-7-14-17-19-9/h2-7,10,13H,1H3. The Hall–Kier alpha value is -1.70. The smallest absolute Gasteiger partial charge is 0.161 e. The summed E-state index contributed by atoms with van der Waals surface area (Å²) in [5.74, 6) is 0. The topological polar surface area (TPSA) is 63.6 Å². The fraction of sp³-hybridized carbons (Fsp3) is 0.167. The monoisotopic (exact) mass is 289 g/mol. The molecule has 1 unspecified atom stereocenters. The van der Waals surface area contributed by atoms with E-state index in [1.54, 1.807) is 17.5 Å². The van der Waals surface area contributed by atoms with Crippen molar-refractivity contribution in [3.8, 4) is 9.88 Å². The molecule has 1 aromatic carbocycles. The number of nitrogens with zero attached hydrogens (tertiary/aromatic N) is 4. The molecule has 19 heavy (non-hydrogen) atoms. The van der Waals surface area contributed by atoms with Crippen molar-refractivity contribution < 1.29 is 0 Å². The van der Waals surface area contributed by atoms with Crippen molar-refractivity contribution in [2.45, 2.75) is 6.04 Å². The van der Waals surface area contributed by atoms with E-state index >= 15 is 0 Å². The summed E-state index contributed by atoms with van der Waals surface area (Å²) in [7, 11) is 1.92. The number of hydrogen-bond acceptors (Lipinski definition) is 7. The third-order valence-electron chi connectivity index (χ3n) is 2.68. The molecule has 1 atom stereocenters. The Morgan fingerprint density at radius 2 is 2.00 bits per heavy atom. The van der Waals surface area contributed by atoms with Crippen LogP contribution in [0.3, 0.4) is 0 Å². The van der Waals surface area contributed by atoms with Crippen LogP contribution in [0.25, 0.3) is 9.88 Å². The molecular formula is C12H11N5S2. The second kappa shape index (κ2) is 5.52. The van der Waals surface area contributed by atoms with E-state index in [-0.39, 0.29) is 6.04 Å². The van der Waals surface area contributed by atoms with Crippen LogP contribution in [0, 0.1) is 0 Å². The van der Waals surface area contributed by atoms with E-state index in [4.69, 9.17) is 0 Å². The lowest BCUT2D eigenvalue weighted by Gasteiger charge is -2.12. The fourth-order valence-corrected chi connectivity index (χ4v) is 3.31. The van der Waals surface area contributed by atoms with Gasteiger partial charge in [-0.15, -0.1) is 15.3 Å². The van der Waals surface area contributed by atoms with Crippen LogP contribution in [0.2, 0.25) is 0 Å². The minimum atomic E-state index is 0.0633. The molecule has 0 aliphatic rings. The van der Waals surface area contributed by atoms with Crippen LogP contribution in [0.4, 0.5) is 0 Å². The summed E-state index contributed by atoms with van der Waals surface area (Å²) in [6.45, 7) is 0. The first-order valence-electron chi connectivity index (χ1n) is 5.72. The SMILES string of the molecule is CNC(c1ccccc1)c1nnc(-c2cnns2)s1. The molecule has 0 amide bonds. The Balaban J connectivity index is 1.93. The van der Waals surface area contributed by atoms with Gasteiger partial charge in [0.05, 0.1) is 12.2 Å². The van der Waals surface area contributed by atoms with Crippen LogP contribution >= 0.6 is 22.9 Å². The van der Waals surface area contributed by atoms with Gasteiger partial charge in [-0.2, -0.15) is 0 Å². The van der Waals surface area contributed by atoms with Crippen molar-refractivity contribution in [2.24, 2.45) is 0 Å². The minimum absolute atomic E-state index is 0.0633. The van der Waals surface area contributed by atoms with Crippen LogP contribution in [0.5, 0.6) is 0 Å². The number of hydrogen-bond donors (Lipinski definition) is 1. The van der Waals surface area contributed by atoms with E-state index in [1.807, 2.05) is 25.2 Å². The number of benzene rings is 1. The third kappa shape index (κ3) is 2.53. The summed E-state index contributed by atoms with van der Waals surface area (Å²) < 4.78 is 3.85. The predicted molar refractivity (Wildman–Crippen MR) is 76.2 cm³/mol.